The van der Waals surface area contributed by atoms with Crippen molar-refractivity contribution in [3.63, 3.8) is 0 Å². The van der Waals surface area contributed by atoms with Gasteiger partial charge in [0, 0.05) is 6.07 Å². The number of aromatic nitrogens is 2. The molecule has 0 spiro atoms. The van der Waals surface area contributed by atoms with Crippen molar-refractivity contribution in [3.8, 4) is 5.88 Å². The van der Waals surface area contributed by atoms with E-state index in [1.165, 1.54) is 0 Å². The molecule has 1 aromatic rings. The van der Waals surface area contributed by atoms with Crippen LogP contribution in [0.1, 0.15) is 20.8 Å². The number of hydrogen-bond donors (Lipinski definition) is 0. The topological polar surface area (TPSA) is 35.0 Å². The molecule has 0 atom stereocenters. The lowest BCUT2D eigenvalue weighted by atomic mass is 10.2. The summed E-state index contributed by atoms with van der Waals surface area (Å²) < 4.78 is 5.41. The molecule has 0 aliphatic heterocycles. The zero-order chi connectivity index (χ0) is 8.32. The Hall–Kier alpha value is -1.12. The van der Waals surface area contributed by atoms with Crippen LogP contribution in [-0.2, 0) is 0 Å². The van der Waals surface area contributed by atoms with Crippen molar-refractivity contribution in [2.75, 3.05) is 0 Å². The number of rotatable bonds is 1. The molecule has 1 radical (unpaired) electrons. The van der Waals surface area contributed by atoms with Crippen molar-refractivity contribution in [1.82, 2.24) is 10.2 Å². The van der Waals surface area contributed by atoms with Crippen LogP contribution in [0.3, 0.4) is 0 Å². The van der Waals surface area contributed by atoms with Crippen LogP contribution in [-0.4, -0.2) is 15.8 Å². The quantitative estimate of drug-likeness (QED) is 0.609. The van der Waals surface area contributed by atoms with Crippen LogP contribution < -0.4 is 4.74 Å². The highest BCUT2D eigenvalue weighted by molar-refractivity contribution is 5.05. The van der Waals surface area contributed by atoms with Crippen LogP contribution in [0.5, 0.6) is 5.88 Å². The zero-order valence-corrected chi connectivity index (χ0v) is 6.96. The van der Waals surface area contributed by atoms with E-state index in [1.807, 2.05) is 20.8 Å². The van der Waals surface area contributed by atoms with E-state index in [2.05, 4.69) is 16.4 Å². The van der Waals surface area contributed by atoms with Crippen LogP contribution in [0.15, 0.2) is 12.1 Å². The van der Waals surface area contributed by atoms with Gasteiger partial charge in [-0.25, -0.2) is 0 Å². The second-order valence-electron chi connectivity index (χ2n) is 3.22. The van der Waals surface area contributed by atoms with Gasteiger partial charge in [0.05, 0.1) is 0 Å². The van der Waals surface area contributed by atoms with Gasteiger partial charge in [0.2, 0.25) is 5.88 Å². The second-order valence-corrected chi connectivity index (χ2v) is 3.22. The summed E-state index contributed by atoms with van der Waals surface area (Å²) in [6.45, 7) is 5.89. The Morgan fingerprint density at radius 1 is 1.45 bits per heavy atom. The molecule has 1 rings (SSSR count). The van der Waals surface area contributed by atoms with Gasteiger partial charge >= 0.3 is 0 Å². The fourth-order valence-corrected chi connectivity index (χ4v) is 0.622. The van der Waals surface area contributed by atoms with Crippen molar-refractivity contribution >= 4 is 0 Å². The first-order valence-corrected chi connectivity index (χ1v) is 3.47. The minimum Gasteiger partial charge on any atom is -0.471 e. The maximum atomic E-state index is 5.41. The Morgan fingerprint density at radius 2 is 2.18 bits per heavy atom. The molecule has 1 aromatic heterocycles. The van der Waals surface area contributed by atoms with Gasteiger partial charge in [-0.05, 0) is 26.8 Å². The van der Waals surface area contributed by atoms with E-state index >= 15 is 0 Å². The Kier molecular flexibility index (Phi) is 2.08. The summed E-state index contributed by atoms with van der Waals surface area (Å²) in [6, 6.07) is 3.41. The van der Waals surface area contributed by atoms with Crippen molar-refractivity contribution in [3.05, 3.63) is 18.3 Å². The van der Waals surface area contributed by atoms with Gasteiger partial charge in [-0.3, -0.25) is 0 Å². The molecule has 0 fully saturated rings. The highest BCUT2D eigenvalue weighted by Crippen LogP contribution is 2.12. The summed E-state index contributed by atoms with van der Waals surface area (Å²) in [6.07, 6.45) is 2.58. The molecule has 0 amide bonds. The van der Waals surface area contributed by atoms with E-state index in [9.17, 15) is 0 Å². The Labute approximate surface area is 66.4 Å². The fourth-order valence-electron chi connectivity index (χ4n) is 0.622. The minimum absolute atomic E-state index is 0.212. The second kappa shape index (κ2) is 2.86. The largest absolute Gasteiger partial charge is 0.471 e. The highest BCUT2D eigenvalue weighted by Gasteiger charge is 2.11. The van der Waals surface area contributed by atoms with Gasteiger partial charge in [-0.15, -0.1) is 10.2 Å². The van der Waals surface area contributed by atoms with Gasteiger partial charge in [0.15, 0.2) is 0 Å². The van der Waals surface area contributed by atoms with Crippen molar-refractivity contribution in [2.45, 2.75) is 26.4 Å². The van der Waals surface area contributed by atoms with Crippen LogP contribution in [0.4, 0.5) is 0 Å². The molecular formula is C8H11N2O. The standard InChI is InChI=1S/C8H11N2O/c1-8(2,3)11-7-5-4-6-9-10-7/h4-5H,1-3H3. The molecule has 0 bridgehead atoms. The first kappa shape index (κ1) is 7.98. The highest BCUT2D eigenvalue weighted by atomic mass is 16.5. The monoisotopic (exact) mass is 151 g/mol. The first-order chi connectivity index (χ1) is 5.08. The Bertz CT molecular complexity index is 215. The molecule has 0 aliphatic carbocycles. The molecule has 3 heteroatoms. The van der Waals surface area contributed by atoms with E-state index in [0.717, 1.165) is 0 Å². The number of ether oxygens (including phenoxy) is 1. The summed E-state index contributed by atoms with van der Waals surface area (Å²) in [7, 11) is 0. The molecule has 11 heavy (non-hydrogen) atoms. The number of hydrogen-bond acceptors (Lipinski definition) is 3. The maximum absolute atomic E-state index is 5.41. The third-order valence-corrected chi connectivity index (χ3v) is 0.917. The molecule has 0 aliphatic rings. The Balaban J connectivity index is 2.66. The minimum atomic E-state index is -0.212. The predicted molar refractivity (Wildman–Crippen MR) is 41.2 cm³/mol. The lowest BCUT2D eigenvalue weighted by Crippen LogP contribution is -2.23. The predicted octanol–water partition coefficient (Wildman–Crippen LogP) is 1.45. The summed E-state index contributed by atoms with van der Waals surface area (Å²) >= 11 is 0. The summed E-state index contributed by atoms with van der Waals surface area (Å²) in [5, 5.41) is 7.31. The third kappa shape index (κ3) is 2.98. The molecular weight excluding hydrogens is 140 g/mol. The van der Waals surface area contributed by atoms with Gasteiger partial charge in [-0.2, -0.15) is 0 Å². The first-order valence-electron chi connectivity index (χ1n) is 3.47. The van der Waals surface area contributed by atoms with E-state index in [-0.39, 0.29) is 5.60 Å². The Morgan fingerprint density at radius 3 is 2.64 bits per heavy atom. The van der Waals surface area contributed by atoms with Crippen LogP contribution in [0, 0.1) is 6.20 Å². The SMILES string of the molecule is CC(C)(C)Oc1cc[c]nn1. The molecule has 59 valence electrons. The maximum Gasteiger partial charge on any atom is 0.233 e. The summed E-state index contributed by atoms with van der Waals surface area (Å²) in [4.78, 5) is 0. The number of nitrogens with zero attached hydrogens (tertiary/aromatic N) is 2. The molecule has 0 aromatic carbocycles. The average molecular weight is 151 g/mol. The van der Waals surface area contributed by atoms with Crippen LogP contribution in [0.2, 0.25) is 0 Å². The van der Waals surface area contributed by atoms with Crippen LogP contribution in [0.25, 0.3) is 0 Å². The normalized spacial score (nSPS) is 11.2. The third-order valence-electron chi connectivity index (χ3n) is 0.917. The van der Waals surface area contributed by atoms with Gasteiger partial charge in [0.1, 0.15) is 11.8 Å². The average Bonchev–Trinajstić information content (AvgIpc) is 1.85. The molecule has 1 heterocycles. The van der Waals surface area contributed by atoms with E-state index in [1.54, 1.807) is 12.1 Å². The van der Waals surface area contributed by atoms with Crippen molar-refractivity contribution < 1.29 is 4.74 Å². The molecule has 0 saturated heterocycles. The molecule has 0 saturated carbocycles. The molecule has 3 nitrogen and oxygen atoms in total. The van der Waals surface area contributed by atoms with E-state index < -0.39 is 0 Å². The van der Waals surface area contributed by atoms with Crippen LogP contribution >= 0.6 is 0 Å². The van der Waals surface area contributed by atoms with Crippen molar-refractivity contribution in [2.24, 2.45) is 0 Å². The zero-order valence-electron chi connectivity index (χ0n) is 6.96. The van der Waals surface area contributed by atoms with Gasteiger partial charge in [0.25, 0.3) is 0 Å². The molecule has 0 N–H and O–H groups in total. The van der Waals surface area contributed by atoms with Gasteiger partial charge in [-0.1, -0.05) is 0 Å². The summed E-state index contributed by atoms with van der Waals surface area (Å²) in [5.41, 5.74) is -0.212. The van der Waals surface area contributed by atoms with E-state index in [0.29, 0.717) is 5.88 Å². The van der Waals surface area contributed by atoms with E-state index in [4.69, 9.17) is 4.74 Å². The van der Waals surface area contributed by atoms with Crippen molar-refractivity contribution in [1.29, 1.82) is 0 Å². The lowest BCUT2D eigenvalue weighted by molar-refractivity contribution is 0.122. The molecule has 0 unspecified atom stereocenters. The smallest absolute Gasteiger partial charge is 0.233 e. The lowest BCUT2D eigenvalue weighted by Gasteiger charge is -2.19. The van der Waals surface area contributed by atoms with Gasteiger partial charge < -0.3 is 4.74 Å². The fraction of sp³-hybridized carbons (Fsp3) is 0.500. The summed E-state index contributed by atoms with van der Waals surface area (Å²) in [5.74, 6) is 0.538.